The van der Waals surface area contributed by atoms with Crippen molar-refractivity contribution in [3.63, 3.8) is 0 Å². The Morgan fingerprint density at radius 2 is 0.982 bits per heavy atom. The summed E-state index contributed by atoms with van der Waals surface area (Å²) in [6, 6.07) is 70.3. The molecule has 1 heteroatoms. The van der Waals surface area contributed by atoms with E-state index in [1.165, 1.54) is 83.6 Å². The number of hydrogen-bond acceptors (Lipinski definition) is 1. The molecule has 1 nitrogen and oxygen atoms in total. The standard InChI is InChI=1S/C54H41N/c1-53(2)48-27-11-7-23-44(48)46-25-15-24-42(52(46)53)38-19-14-20-39(34-38)55(51-29-13-9-21-41(51)36-16-4-3-5-17-36)40-30-31-45-43-22-8-12-28-49(43)54(50(45)35-40)33-32-37-18-6-10-26-47(37)54/h3-31,34-35H,32-33H2,1-2H3. The third-order valence-electron chi connectivity index (χ3n) is 12.9. The Morgan fingerprint density at radius 3 is 1.82 bits per heavy atom. The van der Waals surface area contributed by atoms with E-state index in [0.717, 1.165) is 24.2 Å². The van der Waals surface area contributed by atoms with Crippen LogP contribution in [-0.2, 0) is 17.3 Å². The van der Waals surface area contributed by atoms with E-state index in [1.807, 2.05) is 0 Å². The van der Waals surface area contributed by atoms with Crippen LogP contribution in [0.3, 0.4) is 0 Å². The molecule has 0 radical (unpaired) electrons. The molecule has 8 aromatic rings. The van der Waals surface area contributed by atoms with Crippen molar-refractivity contribution in [2.75, 3.05) is 4.90 Å². The maximum atomic E-state index is 2.52. The predicted molar refractivity (Wildman–Crippen MR) is 230 cm³/mol. The highest BCUT2D eigenvalue weighted by Gasteiger charge is 2.48. The summed E-state index contributed by atoms with van der Waals surface area (Å²) in [7, 11) is 0. The summed E-state index contributed by atoms with van der Waals surface area (Å²) in [6.07, 6.45) is 2.16. The van der Waals surface area contributed by atoms with Gasteiger partial charge in [0.05, 0.1) is 5.69 Å². The molecule has 1 spiro atoms. The second-order valence-corrected chi connectivity index (χ2v) is 16.0. The van der Waals surface area contributed by atoms with Gasteiger partial charge in [0.25, 0.3) is 0 Å². The van der Waals surface area contributed by atoms with Crippen LogP contribution >= 0.6 is 0 Å². The third-order valence-corrected chi connectivity index (χ3v) is 12.9. The van der Waals surface area contributed by atoms with Crippen LogP contribution in [-0.4, -0.2) is 0 Å². The third kappa shape index (κ3) is 4.60. The SMILES string of the molecule is CC1(C)c2ccccc2-c2cccc(-c3cccc(N(c4ccc5c(c4)C4(CCc6ccccc64)c4ccccc4-5)c4ccccc4-c4ccccc4)c3)c21. The van der Waals surface area contributed by atoms with Gasteiger partial charge < -0.3 is 4.90 Å². The van der Waals surface area contributed by atoms with Crippen LogP contribution in [0.1, 0.15) is 53.6 Å². The molecule has 3 aliphatic carbocycles. The minimum absolute atomic E-state index is 0.112. The van der Waals surface area contributed by atoms with Crippen LogP contribution in [0.4, 0.5) is 17.1 Å². The predicted octanol–water partition coefficient (Wildman–Crippen LogP) is 14.1. The van der Waals surface area contributed by atoms with E-state index in [0.29, 0.717) is 0 Å². The first-order valence-electron chi connectivity index (χ1n) is 19.7. The second kappa shape index (κ2) is 12.0. The van der Waals surface area contributed by atoms with Gasteiger partial charge in [-0.05, 0) is 115 Å². The van der Waals surface area contributed by atoms with Crippen molar-refractivity contribution in [2.24, 2.45) is 0 Å². The Bertz CT molecular complexity index is 2810. The van der Waals surface area contributed by atoms with E-state index in [4.69, 9.17) is 0 Å². The molecule has 0 saturated heterocycles. The van der Waals surface area contributed by atoms with E-state index >= 15 is 0 Å². The van der Waals surface area contributed by atoms with Crippen LogP contribution in [0.25, 0.3) is 44.5 Å². The lowest BCUT2D eigenvalue weighted by atomic mass is 9.73. The highest BCUT2D eigenvalue weighted by Crippen LogP contribution is 2.59. The Labute approximate surface area is 324 Å². The van der Waals surface area contributed by atoms with Gasteiger partial charge in [-0.1, -0.05) is 172 Å². The fraction of sp³-hybridized carbons (Fsp3) is 0.111. The summed E-state index contributed by atoms with van der Waals surface area (Å²) in [5, 5.41) is 0. The van der Waals surface area contributed by atoms with Gasteiger partial charge in [-0.2, -0.15) is 0 Å². The Balaban J connectivity index is 1.14. The van der Waals surface area contributed by atoms with Gasteiger partial charge in [-0.15, -0.1) is 0 Å². The molecule has 0 fully saturated rings. The first kappa shape index (κ1) is 32.0. The quantitative estimate of drug-likeness (QED) is 0.172. The number of benzene rings is 8. The number of rotatable bonds is 5. The fourth-order valence-corrected chi connectivity index (χ4v) is 10.5. The van der Waals surface area contributed by atoms with E-state index < -0.39 is 0 Å². The van der Waals surface area contributed by atoms with Crippen molar-refractivity contribution in [1.29, 1.82) is 0 Å². The lowest BCUT2D eigenvalue weighted by Crippen LogP contribution is -2.24. The summed E-state index contributed by atoms with van der Waals surface area (Å²) >= 11 is 0. The highest BCUT2D eigenvalue weighted by molar-refractivity contribution is 5.94. The van der Waals surface area contributed by atoms with Gasteiger partial charge in [0.1, 0.15) is 0 Å². The number of anilines is 3. The minimum Gasteiger partial charge on any atom is -0.310 e. The van der Waals surface area contributed by atoms with Crippen LogP contribution < -0.4 is 4.90 Å². The number of fused-ring (bicyclic) bond motifs is 10. The van der Waals surface area contributed by atoms with Crippen molar-refractivity contribution in [3.05, 3.63) is 221 Å². The van der Waals surface area contributed by atoms with Gasteiger partial charge in [0.2, 0.25) is 0 Å². The van der Waals surface area contributed by atoms with E-state index in [9.17, 15) is 0 Å². The molecular formula is C54H41N. The summed E-state index contributed by atoms with van der Waals surface area (Å²) < 4.78 is 0. The molecule has 0 aliphatic heterocycles. The molecule has 0 amide bonds. The van der Waals surface area contributed by atoms with Gasteiger partial charge in [-0.3, -0.25) is 0 Å². The summed E-state index contributed by atoms with van der Waals surface area (Å²) in [4.78, 5) is 2.51. The van der Waals surface area contributed by atoms with Crippen LogP contribution in [0.5, 0.6) is 0 Å². The van der Waals surface area contributed by atoms with Crippen LogP contribution in [0, 0.1) is 0 Å². The molecule has 0 bridgehead atoms. The zero-order valence-corrected chi connectivity index (χ0v) is 31.3. The van der Waals surface area contributed by atoms with E-state index in [1.54, 1.807) is 0 Å². The molecule has 1 atom stereocenters. The van der Waals surface area contributed by atoms with Crippen LogP contribution in [0.15, 0.2) is 188 Å². The summed E-state index contributed by atoms with van der Waals surface area (Å²) in [5.41, 5.74) is 22.1. The smallest absolute Gasteiger partial charge is 0.0540 e. The number of para-hydroxylation sites is 1. The zero-order chi connectivity index (χ0) is 36.7. The highest BCUT2D eigenvalue weighted by atomic mass is 15.1. The molecule has 0 heterocycles. The average Bonchev–Trinajstić information content (AvgIpc) is 3.85. The molecule has 0 aromatic heterocycles. The monoisotopic (exact) mass is 703 g/mol. The van der Waals surface area contributed by atoms with E-state index in [-0.39, 0.29) is 10.8 Å². The maximum absolute atomic E-state index is 2.52. The van der Waals surface area contributed by atoms with Gasteiger partial charge in [0, 0.05) is 27.8 Å². The average molecular weight is 704 g/mol. The molecule has 8 aromatic carbocycles. The number of aryl methyl sites for hydroxylation is 1. The topological polar surface area (TPSA) is 3.24 Å². The van der Waals surface area contributed by atoms with Crippen molar-refractivity contribution in [2.45, 2.75) is 37.5 Å². The normalized spacial score (nSPS) is 16.6. The molecule has 3 aliphatic rings. The maximum Gasteiger partial charge on any atom is 0.0540 e. The first-order chi connectivity index (χ1) is 27.0. The summed E-state index contributed by atoms with van der Waals surface area (Å²) in [6.45, 7) is 4.76. The first-order valence-corrected chi connectivity index (χ1v) is 19.7. The Hall–Kier alpha value is -6.44. The molecule has 1 unspecified atom stereocenters. The lowest BCUT2D eigenvalue weighted by molar-refractivity contribution is 0.626. The zero-order valence-electron chi connectivity index (χ0n) is 31.3. The molecular weight excluding hydrogens is 663 g/mol. The number of hydrogen-bond donors (Lipinski definition) is 0. The van der Waals surface area contributed by atoms with Crippen molar-refractivity contribution in [3.8, 4) is 44.5 Å². The van der Waals surface area contributed by atoms with E-state index in [2.05, 4.69) is 207 Å². The van der Waals surface area contributed by atoms with Crippen molar-refractivity contribution >= 4 is 17.1 Å². The largest absolute Gasteiger partial charge is 0.310 e. The number of nitrogens with zero attached hydrogens (tertiary/aromatic N) is 1. The van der Waals surface area contributed by atoms with Crippen LogP contribution in [0.2, 0.25) is 0 Å². The molecule has 0 saturated carbocycles. The molecule has 55 heavy (non-hydrogen) atoms. The summed E-state index contributed by atoms with van der Waals surface area (Å²) in [5.74, 6) is 0. The second-order valence-electron chi connectivity index (χ2n) is 16.0. The fourth-order valence-electron chi connectivity index (χ4n) is 10.5. The Morgan fingerprint density at radius 1 is 0.400 bits per heavy atom. The molecule has 262 valence electrons. The van der Waals surface area contributed by atoms with Crippen molar-refractivity contribution in [1.82, 2.24) is 0 Å². The Kier molecular flexibility index (Phi) is 7.01. The van der Waals surface area contributed by atoms with Crippen molar-refractivity contribution < 1.29 is 0 Å². The lowest BCUT2D eigenvalue weighted by Gasteiger charge is -2.32. The van der Waals surface area contributed by atoms with Gasteiger partial charge >= 0.3 is 0 Å². The molecule has 0 N–H and O–H groups in total. The minimum atomic E-state index is -0.170. The molecule has 11 rings (SSSR count). The van der Waals surface area contributed by atoms with Gasteiger partial charge in [0.15, 0.2) is 0 Å². The van der Waals surface area contributed by atoms with Gasteiger partial charge in [-0.25, -0.2) is 0 Å².